The van der Waals surface area contributed by atoms with Crippen LogP contribution in [-0.2, 0) is 12.8 Å². The van der Waals surface area contributed by atoms with E-state index >= 15 is 0 Å². The zero-order valence-corrected chi connectivity index (χ0v) is 11.9. The third kappa shape index (κ3) is 3.17. The van der Waals surface area contributed by atoms with Crippen LogP contribution in [-0.4, -0.2) is 24.2 Å². The fourth-order valence-corrected chi connectivity index (χ4v) is 2.01. The Bertz CT molecular complexity index is 650. The van der Waals surface area contributed by atoms with Crippen molar-refractivity contribution in [3.05, 3.63) is 51.7 Å². The Morgan fingerprint density at radius 1 is 1.15 bits per heavy atom. The highest BCUT2D eigenvalue weighted by Gasteiger charge is 2.07. The summed E-state index contributed by atoms with van der Waals surface area (Å²) < 4.78 is 10.5. The van der Waals surface area contributed by atoms with E-state index in [1.165, 1.54) is 6.07 Å². The normalized spacial score (nSPS) is 10.3. The Morgan fingerprint density at radius 2 is 1.90 bits per heavy atom. The van der Waals surface area contributed by atoms with Gasteiger partial charge in [0.25, 0.3) is 5.56 Å². The maximum Gasteiger partial charge on any atom is 0.251 e. The lowest BCUT2D eigenvalue weighted by molar-refractivity contribution is 0.354. The smallest absolute Gasteiger partial charge is 0.251 e. The molecule has 1 N–H and O–H groups in total. The van der Waals surface area contributed by atoms with Crippen LogP contribution in [0.25, 0.3) is 0 Å². The minimum atomic E-state index is -0.118. The van der Waals surface area contributed by atoms with Gasteiger partial charge in [-0.3, -0.25) is 4.79 Å². The molecule has 0 aliphatic carbocycles. The van der Waals surface area contributed by atoms with Crippen LogP contribution >= 0.6 is 0 Å². The van der Waals surface area contributed by atoms with Gasteiger partial charge in [0.15, 0.2) is 11.5 Å². The monoisotopic (exact) mass is 274 g/mol. The number of benzene rings is 1. The van der Waals surface area contributed by atoms with Crippen LogP contribution in [0.2, 0.25) is 0 Å². The van der Waals surface area contributed by atoms with Crippen molar-refractivity contribution in [3.63, 3.8) is 0 Å². The number of nitrogens with zero attached hydrogens (tertiary/aromatic N) is 1. The van der Waals surface area contributed by atoms with Gasteiger partial charge in [-0.05, 0) is 24.1 Å². The van der Waals surface area contributed by atoms with Crippen molar-refractivity contribution in [1.29, 1.82) is 0 Å². The number of rotatable bonds is 5. The third-order valence-corrected chi connectivity index (χ3v) is 3.03. The molecule has 1 aromatic carbocycles. The molecule has 2 aromatic rings. The second-order valence-electron chi connectivity index (χ2n) is 4.40. The standard InChI is InChI=1S/C15H18N2O3/c1-4-11-9-15(18)17-14(16-11)8-10-5-6-12(19-2)13(7-10)20-3/h5-7,9H,4,8H2,1-3H3,(H,16,17,18). The summed E-state index contributed by atoms with van der Waals surface area (Å²) in [6.45, 7) is 1.97. The molecule has 0 atom stereocenters. The van der Waals surface area contributed by atoms with Gasteiger partial charge in [-0.25, -0.2) is 4.98 Å². The Kier molecular flexibility index (Phi) is 4.40. The molecule has 0 spiro atoms. The molecular weight excluding hydrogens is 256 g/mol. The zero-order chi connectivity index (χ0) is 14.5. The number of aryl methyl sites for hydroxylation is 1. The summed E-state index contributed by atoms with van der Waals surface area (Å²) in [5, 5.41) is 0. The summed E-state index contributed by atoms with van der Waals surface area (Å²) in [5.74, 6) is 2.00. The summed E-state index contributed by atoms with van der Waals surface area (Å²) in [6, 6.07) is 7.19. The first kappa shape index (κ1) is 14.1. The van der Waals surface area contributed by atoms with E-state index in [4.69, 9.17) is 9.47 Å². The average molecular weight is 274 g/mol. The van der Waals surface area contributed by atoms with E-state index in [1.807, 2.05) is 25.1 Å². The van der Waals surface area contributed by atoms with Gasteiger partial charge in [-0.2, -0.15) is 0 Å². The van der Waals surface area contributed by atoms with Crippen LogP contribution in [0, 0.1) is 0 Å². The highest BCUT2D eigenvalue weighted by atomic mass is 16.5. The molecule has 0 fully saturated rings. The molecule has 1 heterocycles. The molecule has 20 heavy (non-hydrogen) atoms. The molecule has 5 nitrogen and oxygen atoms in total. The summed E-state index contributed by atoms with van der Waals surface area (Å²) in [6.07, 6.45) is 1.28. The fourth-order valence-electron chi connectivity index (χ4n) is 2.01. The highest BCUT2D eigenvalue weighted by Crippen LogP contribution is 2.28. The average Bonchev–Trinajstić information content (AvgIpc) is 2.46. The van der Waals surface area contributed by atoms with E-state index in [2.05, 4.69) is 9.97 Å². The minimum absolute atomic E-state index is 0.118. The van der Waals surface area contributed by atoms with Crippen molar-refractivity contribution >= 4 is 0 Å². The molecule has 1 aromatic heterocycles. The number of aromatic nitrogens is 2. The zero-order valence-electron chi connectivity index (χ0n) is 11.9. The second-order valence-corrected chi connectivity index (χ2v) is 4.40. The topological polar surface area (TPSA) is 64.2 Å². The van der Waals surface area contributed by atoms with Crippen LogP contribution < -0.4 is 15.0 Å². The predicted molar refractivity (Wildman–Crippen MR) is 76.6 cm³/mol. The van der Waals surface area contributed by atoms with Crippen molar-refractivity contribution in [1.82, 2.24) is 9.97 Å². The molecule has 5 heteroatoms. The minimum Gasteiger partial charge on any atom is -0.493 e. The lowest BCUT2D eigenvalue weighted by atomic mass is 10.1. The molecule has 106 valence electrons. The summed E-state index contributed by atoms with van der Waals surface area (Å²) >= 11 is 0. The van der Waals surface area contributed by atoms with Crippen molar-refractivity contribution in [2.24, 2.45) is 0 Å². The Hall–Kier alpha value is -2.30. The third-order valence-electron chi connectivity index (χ3n) is 3.03. The van der Waals surface area contributed by atoms with E-state index in [-0.39, 0.29) is 5.56 Å². The lowest BCUT2D eigenvalue weighted by Gasteiger charge is -2.09. The molecule has 0 saturated carbocycles. The van der Waals surface area contributed by atoms with Crippen LogP contribution in [0.15, 0.2) is 29.1 Å². The number of methoxy groups -OCH3 is 2. The van der Waals surface area contributed by atoms with Crippen molar-refractivity contribution < 1.29 is 9.47 Å². The van der Waals surface area contributed by atoms with Crippen LogP contribution in [0.5, 0.6) is 11.5 Å². The van der Waals surface area contributed by atoms with E-state index in [9.17, 15) is 4.79 Å². The molecule has 0 radical (unpaired) electrons. The maximum absolute atomic E-state index is 11.5. The van der Waals surface area contributed by atoms with E-state index in [1.54, 1.807) is 14.2 Å². The van der Waals surface area contributed by atoms with Crippen molar-refractivity contribution in [3.8, 4) is 11.5 Å². The lowest BCUT2D eigenvalue weighted by Crippen LogP contribution is -2.12. The summed E-state index contributed by atoms with van der Waals surface area (Å²) in [7, 11) is 3.20. The fraction of sp³-hybridized carbons (Fsp3) is 0.333. The van der Waals surface area contributed by atoms with Gasteiger partial charge in [-0.1, -0.05) is 13.0 Å². The largest absolute Gasteiger partial charge is 0.493 e. The van der Waals surface area contributed by atoms with Gasteiger partial charge < -0.3 is 14.5 Å². The Balaban J connectivity index is 2.30. The van der Waals surface area contributed by atoms with Crippen molar-refractivity contribution in [2.45, 2.75) is 19.8 Å². The number of hydrogen-bond acceptors (Lipinski definition) is 4. The SMILES string of the molecule is CCc1cc(=O)[nH]c(Cc2ccc(OC)c(OC)c2)n1. The van der Waals surface area contributed by atoms with Crippen LogP contribution in [0.4, 0.5) is 0 Å². The molecule has 0 amide bonds. The first-order chi connectivity index (χ1) is 9.66. The van der Waals surface area contributed by atoms with Crippen molar-refractivity contribution in [2.75, 3.05) is 14.2 Å². The van der Waals surface area contributed by atoms with Gasteiger partial charge in [0.05, 0.1) is 14.2 Å². The number of ether oxygens (including phenoxy) is 2. The number of H-pyrrole nitrogens is 1. The molecule has 0 aliphatic heterocycles. The Morgan fingerprint density at radius 3 is 2.55 bits per heavy atom. The van der Waals surface area contributed by atoms with Gasteiger partial charge in [0, 0.05) is 18.2 Å². The molecular formula is C15H18N2O3. The van der Waals surface area contributed by atoms with E-state index < -0.39 is 0 Å². The van der Waals surface area contributed by atoms with Gasteiger partial charge in [0.2, 0.25) is 0 Å². The van der Waals surface area contributed by atoms with Gasteiger partial charge in [0.1, 0.15) is 5.82 Å². The molecule has 0 unspecified atom stereocenters. The number of nitrogens with one attached hydrogen (secondary N) is 1. The summed E-state index contributed by atoms with van der Waals surface area (Å²) in [5.41, 5.74) is 1.68. The van der Waals surface area contributed by atoms with Crippen LogP contribution in [0.1, 0.15) is 24.0 Å². The molecule has 0 saturated heterocycles. The number of aromatic amines is 1. The van der Waals surface area contributed by atoms with Gasteiger partial charge in [-0.15, -0.1) is 0 Å². The van der Waals surface area contributed by atoms with Gasteiger partial charge >= 0.3 is 0 Å². The quantitative estimate of drug-likeness (QED) is 0.905. The second kappa shape index (κ2) is 6.23. The van der Waals surface area contributed by atoms with E-state index in [0.717, 1.165) is 17.7 Å². The molecule has 0 bridgehead atoms. The first-order valence-electron chi connectivity index (χ1n) is 6.46. The number of hydrogen-bond donors (Lipinski definition) is 1. The maximum atomic E-state index is 11.5. The molecule has 2 rings (SSSR count). The molecule has 0 aliphatic rings. The van der Waals surface area contributed by atoms with Crippen LogP contribution in [0.3, 0.4) is 0 Å². The summed E-state index contributed by atoms with van der Waals surface area (Å²) in [4.78, 5) is 18.7. The Labute approximate surface area is 117 Å². The predicted octanol–water partition coefficient (Wildman–Crippen LogP) is 1.94. The van der Waals surface area contributed by atoms with E-state index in [0.29, 0.717) is 23.7 Å². The first-order valence-corrected chi connectivity index (χ1v) is 6.46. The highest BCUT2D eigenvalue weighted by molar-refractivity contribution is 5.43.